The first-order valence-corrected chi connectivity index (χ1v) is 11.6. The highest BCUT2D eigenvalue weighted by Crippen LogP contribution is 2.72. The van der Waals surface area contributed by atoms with E-state index in [-0.39, 0.29) is 18.2 Å². The molecule has 4 heterocycles. The van der Waals surface area contributed by atoms with E-state index in [9.17, 15) is 20.0 Å². The number of nitrogens with zero attached hydrogens (tertiary/aromatic N) is 3. The smallest absolute Gasteiger partial charge is 0.261 e. The maximum atomic E-state index is 13.6. The number of nitriles is 1. The predicted octanol–water partition coefficient (Wildman–Crippen LogP) is 2.40. The van der Waals surface area contributed by atoms with E-state index in [1.54, 1.807) is 31.0 Å². The van der Waals surface area contributed by atoms with Crippen molar-refractivity contribution in [3.8, 4) is 11.8 Å². The van der Waals surface area contributed by atoms with E-state index < -0.39 is 28.0 Å². The largest absolute Gasteiger partial charge is 0.467 e. The molecule has 4 fully saturated rings. The van der Waals surface area contributed by atoms with Crippen LogP contribution in [-0.4, -0.2) is 50.3 Å². The van der Waals surface area contributed by atoms with E-state index in [0.717, 1.165) is 15.6 Å². The van der Waals surface area contributed by atoms with Crippen LogP contribution < -0.4 is 4.74 Å². The summed E-state index contributed by atoms with van der Waals surface area (Å²) in [4.78, 5) is 28.0. The van der Waals surface area contributed by atoms with Crippen molar-refractivity contribution in [2.24, 2.45) is 5.41 Å². The molecule has 4 saturated heterocycles. The highest BCUT2D eigenvalue weighted by molar-refractivity contribution is 9.10. The van der Waals surface area contributed by atoms with Crippen LogP contribution in [0.4, 0.5) is 0 Å². The number of amides is 2. The molecule has 0 radical (unpaired) electrons. The third-order valence-electron chi connectivity index (χ3n) is 6.43. The molecule has 0 aromatic heterocycles. The number of benzene rings is 1. The Labute approximate surface area is 177 Å². The van der Waals surface area contributed by atoms with Crippen LogP contribution in [0.25, 0.3) is 0 Å². The molecule has 4 atom stereocenters. The van der Waals surface area contributed by atoms with Gasteiger partial charge in [0.1, 0.15) is 5.75 Å². The van der Waals surface area contributed by atoms with Gasteiger partial charge in [-0.15, -0.1) is 0 Å². The van der Waals surface area contributed by atoms with Gasteiger partial charge in [-0.05, 0) is 31.0 Å². The summed E-state index contributed by atoms with van der Waals surface area (Å²) in [5.74, 6) is 0.238. The monoisotopic (exact) mass is 481 g/mol. The van der Waals surface area contributed by atoms with Crippen LogP contribution in [0.3, 0.4) is 0 Å². The Balaban J connectivity index is 1.76. The first-order valence-electron chi connectivity index (χ1n) is 8.71. The predicted molar refractivity (Wildman–Crippen MR) is 107 cm³/mol. The third-order valence-corrected chi connectivity index (χ3v) is 10.8. The molecule has 0 unspecified atom stereocenters. The summed E-state index contributed by atoms with van der Waals surface area (Å²) in [6, 6.07) is 5.46. The van der Waals surface area contributed by atoms with E-state index in [2.05, 4.69) is 22.0 Å². The van der Waals surface area contributed by atoms with Crippen LogP contribution in [0.2, 0.25) is 0 Å². The standard InChI is InChI=1S/C18H16BrN3O4S2/c1-16-14(24)22-13-12-9(11(26-8-23)4-3-10(12)19)5-17(13,7-20)6-18(22,28-27-16)15(25)21(16)2/h3-4,13,23H,5-6,8H2,1-2H3/t13-,16+,17+,18+/m0/s1. The molecule has 1 aromatic carbocycles. The quantitative estimate of drug-likeness (QED) is 0.511. The summed E-state index contributed by atoms with van der Waals surface area (Å²) >= 11 is 3.58. The summed E-state index contributed by atoms with van der Waals surface area (Å²) < 4.78 is 6.15. The molecule has 1 spiro atoms. The number of rotatable bonds is 2. The number of hydrogen-bond donors (Lipinski definition) is 1. The molecule has 7 nitrogen and oxygen atoms in total. The molecule has 1 aliphatic carbocycles. The Morgan fingerprint density at radius 2 is 2.14 bits per heavy atom. The number of aliphatic hydroxyl groups excluding tert-OH is 1. The molecule has 28 heavy (non-hydrogen) atoms. The molecular formula is C18H16BrN3O4S2. The Morgan fingerprint density at radius 3 is 2.82 bits per heavy atom. The molecule has 1 N–H and O–H groups in total. The lowest BCUT2D eigenvalue weighted by atomic mass is 9.81. The maximum absolute atomic E-state index is 13.6. The van der Waals surface area contributed by atoms with Gasteiger partial charge in [0.2, 0.25) is 0 Å². The minimum Gasteiger partial charge on any atom is -0.467 e. The summed E-state index contributed by atoms with van der Waals surface area (Å²) in [5.41, 5.74) is 0.687. The number of ether oxygens (including phenoxy) is 1. The van der Waals surface area contributed by atoms with Crippen molar-refractivity contribution in [1.29, 1.82) is 5.26 Å². The van der Waals surface area contributed by atoms with E-state index in [0.29, 0.717) is 12.2 Å². The number of hydrogen-bond acceptors (Lipinski definition) is 7. The lowest BCUT2D eigenvalue weighted by Crippen LogP contribution is -2.73. The van der Waals surface area contributed by atoms with Crippen LogP contribution in [0.5, 0.6) is 5.75 Å². The molecule has 4 aliphatic heterocycles. The number of likely N-dealkylation sites (N-methyl/N-ethyl adjacent to an activating group) is 1. The van der Waals surface area contributed by atoms with Crippen molar-refractivity contribution < 1.29 is 19.4 Å². The second-order valence-electron chi connectivity index (χ2n) is 7.71. The zero-order valence-corrected chi connectivity index (χ0v) is 18.3. The van der Waals surface area contributed by atoms with E-state index in [1.165, 1.54) is 26.5 Å². The highest BCUT2D eigenvalue weighted by atomic mass is 79.9. The minimum absolute atomic E-state index is 0.122. The van der Waals surface area contributed by atoms with Gasteiger partial charge in [-0.1, -0.05) is 37.5 Å². The number of fused-ring (bicyclic) bond motifs is 5. The molecule has 10 heteroatoms. The second-order valence-corrected chi connectivity index (χ2v) is 11.4. The molecule has 146 valence electrons. The fraction of sp³-hybridized carbons (Fsp3) is 0.500. The number of halogens is 1. The second kappa shape index (κ2) is 5.59. The van der Waals surface area contributed by atoms with E-state index in [4.69, 9.17) is 4.74 Å². The first kappa shape index (κ1) is 18.6. The summed E-state index contributed by atoms with van der Waals surface area (Å²) in [7, 11) is 4.47. The number of aliphatic hydroxyl groups is 1. The lowest BCUT2D eigenvalue weighted by molar-refractivity contribution is -0.164. The molecule has 2 bridgehead atoms. The summed E-state index contributed by atoms with van der Waals surface area (Å²) in [6.07, 6.45) is 0.631. The fourth-order valence-corrected chi connectivity index (χ4v) is 9.14. The van der Waals surface area contributed by atoms with Crippen LogP contribution in [0.1, 0.15) is 30.5 Å². The van der Waals surface area contributed by atoms with Crippen molar-refractivity contribution >= 4 is 49.3 Å². The van der Waals surface area contributed by atoms with Gasteiger partial charge in [-0.3, -0.25) is 9.59 Å². The fourth-order valence-electron chi connectivity index (χ4n) is 5.01. The summed E-state index contributed by atoms with van der Waals surface area (Å²) in [6.45, 7) is 1.29. The van der Waals surface area contributed by atoms with Crippen LogP contribution in [-0.2, 0) is 16.0 Å². The van der Waals surface area contributed by atoms with Gasteiger partial charge in [0, 0.05) is 23.5 Å². The highest BCUT2D eigenvalue weighted by Gasteiger charge is 2.77. The molecule has 0 saturated carbocycles. The molecule has 1 aromatic rings. The lowest BCUT2D eigenvalue weighted by Gasteiger charge is -2.57. The van der Waals surface area contributed by atoms with Crippen molar-refractivity contribution in [2.75, 3.05) is 13.8 Å². The van der Waals surface area contributed by atoms with Crippen molar-refractivity contribution in [3.63, 3.8) is 0 Å². The Bertz CT molecular complexity index is 1000. The zero-order valence-electron chi connectivity index (χ0n) is 15.1. The van der Waals surface area contributed by atoms with Crippen molar-refractivity contribution in [2.45, 2.75) is 35.5 Å². The summed E-state index contributed by atoms with van der Waals surface area (Å²) in [5, 5.41) is 19.5. The van der Waals surface area contributed by atoms with Gasteiger partial charge in [-0.25, -0.2) is 0 Å². The van der Waals surface area contributed by atoms with Gasteiger partial charge >= 0.3 is 0 Å². The number of carbonyl (C=O) groups excluding carboxylic acids is 2. The van der Waals surface area contributed by atoms with Gasteiger partial charge < -0.3 is 19.6 Å². The van der Waals surface area contributed by atoms with E-state index >= 15 is 0 Å². The third kappa shape index (κ3) is 1.87. The Morgan fingerprint density at radius 1 is 1.39 bits per heavy atom. The number of carbonyl (C=O) groups is 2. The van der Waals surface area contributed by atoms with Gasteiger partial charge in [0.15, 0.2) is 16.5 Å². The molecule has 6 rings (SSSR count). The minimum atomic E-state index is -1.07. The molecule has 5 aliphatic rings. The van der Waals surface area contributed by atoms with Crippen LogP contribution >= 0.6 is 37.5 Å². The van der Waals surface area contributed by atoms with E-state index in [1.807, 2.05) is 0 Å². The first-order chi connectivity index (χ1) is 13.3. The SMILES string of the molecule is CN1C(=O)[C@]23C[C@@]4(C#N)Cc5c(OCO)ccc(Br)c5[C@@H]4N2C(=O)[C@@]1(C)SS3. The van der Waals surface area contributed by atoms with Gasteiger partial charge in [0.25, 0.3) is 11.8 Å². The average Bonchev–Trinajstić information content (AvgIpc) is 3.15. The van der Waals surface area contributed by atoms with Crippen LogP contribution in [0.15, 0.2) is 16.6 Å². The average molecular weight is 482 g/mol. The molecular weight excluding hydrogens is 466 g/mol. The normalized spacial score (nSPS) is 37.6. The van der Waals surface area contributed by atoms with Crippen LogP contribution in [0, 0.1) is 16.7 Å². The van der Waals surface area contributed by atoms with Gasteiger partial charge in [-0.2, -0.15) is 5.26 Å². The van der Waals surface area contributed by atoms with Crippen molar-refractivity contribution in [1.82, 2.24) is 9.80 Å². The molecule has 2 amide bonds. The van der Waals surface area contributed by atoms with Crippen molar-refractivity contribution in [3.05, 3.63) is 27.7 Å². The maximum Gasteiger partial charge on any atom is 0.261 e. The number of piperazine rings is 1. The Kier molecular flexibility index (Phi) is 3.72. The Hall–Kier alpha value is -1.41. The topological polar surface area (TPSA) is 93.9 Å². The zero-order chi connectivity index (χ0) is 20.1. The van der Waals surface area contributed by atoms with Gasteiger partial charge in [0.05, 0.1) is 17.5 Å².